The van der Waals surface area contributed by atoms with E-state index in [0.717, 1.165) is 0 Å². The highest BCUT2D eigenvalue weighted by Crippen LogP contribution is 2.24. The molecular formula is C8H10BrN3O3. The molecule has 0 saturated heterocycles. The normalized spacial score (nSPS) is 14.6. The van der Waals surface area contributed by atoms with Crippen LogP contribution < -0.4 is 11.5 Å². The molecule has 1 aromatic heterocycles. The number of amides is 1. The van der Waals surface area contributed by atoms with Crippen LogP contribution in [0.15, 0.2) is 16.7 Å². The molecule has 7 heteroatoms. The molecule has 0 bridgehead atoms. The van der Waals surface area contributed by atoms with Crippen LogP contribution in [-0.2, 0) is 4.79 Å². The molecule has 0 spiro atoms. The molecule has 15 heavy (non-hydrogen) atoms. The van der Waals surface area contributed by atoms with Crippen molar-refractivity contribution in [1.29, 1.82) is 0 Å². The van der Waals surface area contributed by atoms with Crippen molar-refractivity contribution in [2.75, 3.05) is 5.73 Å². The number of anilines is 1. The Balaban J connectivity index is 3.04. The highest BCUT2D eigenvalue weighted by Gasteiger charge is 2.25. The minimum atomic E-state index is -1.71. The monoisotopic (exact) mass is 275 g/mol. The Morgan fingerprint density at radius 2 is 2.13 bits per heavy atom. The fourth-order valence-corrected chi connectivity index (χ4v) is 1.38. The molecule has 1 aromatic rings. The van der Waals surface area contributed by atoms with Crippen molar-refractivity contribution in [1.82, 2.24) is 4.98 Å². The van der Waals surface area contributed by atoms with Gasteiger partial charge in [-0.15, -0.1) is 0 Å². The summed E-state index contributed by atoms with van der Waals surface area (Å²) < 4.78 is 0.572. The molecule has 0 saturated carbocycles. The number of aliphatic hydroxyl groups is 2. The summed E-state index contributed by atoms with van der Waals surface area (Å²) in [5.74, 6) is -0.993. The first-order valence-corrected chi connectivity index (χ1v) is 4.79. The summed E-state index contributed by atoms with van der Waals surface area (Å²) in [6, 6.07) is 1.46. The number of nitrogen functional groups attached to an aromatic ring is 1. The van der Waals surface area contributed by atoms with Crippen molar-refractivity contribution in [3.63, 3.8) is 0 Å². The van der Waals surface area contributed by atoms with E-state index in [2.05, 4.69) is 20.9 Å². The largest absolute Gasteiger partial charge is 0.385 e. The molecule has 2 atom stereocenters. The lowest BCUT2D eigenvalue weighted by molar-refractivity contribution is -0.131. The summed E-state index contributed by atoms with van der Waals surface area (Å²) in [5.41, 5.74) is 10.5. The number of carbonyl (C=O) groups excluding carboxylic acids is 1. The first-order valence-electron chi connectivity index (χ1n) is 4.00. The van der Waals surface area contributed by atoms with Gasteiger partial charge in [0.15, 0.2) is 6.10 Å². The Labute approximate surface area is 94.0 Å². The van der Waals surface area contributed by atoms with Crippen molar-refractivity contribution in [3.05, 3.63) is 22.3 Å². The van der Waals surface area contributed by atoms with Crippen molar-refractivity contribution >= 4 is 27.7 Å². The summed E-state index contributed by atoms with van der Waals surface area (Å²) in [6.07, 6.45) is -1.75. The number of aromatic nitrogens is 1. The number of primary amides is 1. The molecule has 82 valence electrons. The quantitative estimate of drug-likeness (QED) is 0.581. The van der Waals surface area contributed by atoms with E-state index in [1.54, 1.807) is 0 Å². The van der Waals surface area contributed by atoms with Gasteiger partial charge in [-0.3, -0.25) is 4.79 Å². The lowest BCUT2D eigenvalue weighted by Gasteiger charge is -2.16. The van der Waals surface area contributed by atoms with Gasteiger partial charge >= 0.3 is 0 Å². The van der Waals surface area contributed by atoms with Gasteiger partial charge in [-0.2, -0.15) is 0 Å². The minimum absolute atomic E-state index is 0.0333. The number of pyridine rings is 1. The maximum atomic E-state index is 10.6. The lowest BCUT2D eigenvalue weighted by atomic mass is 10.1. The number of hydrogen-bond acceptors (Lipinski definition) is 5. The predicted molar refractivity (Wildman–Crippen MR) is 56.5 cm³/mol. The molecule has 1 heterocycles. The molecule has 0 aliphatic heterocycles. The van der Waals surface area contributed by atoms with Gasteiger partial charge in [0.25, 0.3) is 0 Å². The average Bonchev–Trinajstić information content (AvgIpc) is 2.19. The smallest absolute Gasteiger partial charge is 0.249 e. The third-order valence-electron chi connectivity index (χ3n) is 1.83. The Morgan fingerprint density at radius 1 is 1.53 bits per heavy atom. The zero-order valence-electron chi connectivity index (χ0n) is 7.59. The summed E-state index contributed by atoms with van der Waals surface area (Å²) >= 11 is 3.12. The predicted octanol–water partition coefficient (Wildman–Crippen LogP) is -0.694. The van der Waals surface area contributed by atoms with E-state index in [0.29, 0.717) is 4.47 Å². The van der Waals surface area contributed by atoms with Crippen molar-refractivity contribution in [2.24, 2.45) is 5.73 Å². The number of carbonyl (C=O) groups is 1. The van der Waals surface area contributed by atoms with E-state index in [4.69, 9.17) is 11.5 Å². The molecule has 1 amide bonds. The second kappa shape index (κ2) is 4.56. The highest BCUT2D eigenvalue weighted by molar-refractivity contribution is 9.10. The van der Waals surface area contributed by atoms with Crippen LogP contribution in [-0.4, -0.2) is 27.2 Å². The van der Waals surface area contributed by atoms with Crippen LogP contribution in [0.2, 0.25) is 0 Å². The van der Waals surface area contributed by atoms with Gasteiger partial charge in [-0.05, 0) is 22.0 Å². The van der Waals surface area contributed by atoms with E-state index >= 15 is 0 Å². The van der Waals surface area contributed by atoms with Crippen LogP contribution in [0.5, 0.6) is 0 Å². The topological polar surface area (TPSA) is 122 Å². The number of aliphatic hydroxyl groups excluding tert-OH is 2. The fourth-order valence-electron chi connectivity index (χ4n) is 1.03. The van der Waals surface area contributed by atoms with Crippen molar-refractivity contribution < 1.29 is 15.0 Å². The Kier molecular flexibility index (Phi) is 3.61. The molecule has 2 unspecified atom stereocenters. The van der Waals surface area contributed by atoms with E-state index < -0.39 is 18.1 Å². The van der Waals surface area contributed by atoms with Crippen LogP contribution in [0.3, 0.4) is 0 Å². The average molecular weight is 276 g/mol. The molecule has 6 nitrogen and oxygen atoms in total. The molecule has 0 fully saturated rings. The molecule has 0 aliphatic carbocycles. The standard InChI is InChI=1S/C8H10BrN3O3/c9-3-1-4(7(10)12-2-3)5(13)6(14)8(11)15/h1-2,5-6,13-14H,(H2,10,12)(H2,11,15). The zero-order valence-corrected chi connectivity index (χ0v) is 9.18. The van der Waals surface area contributed by atoms with E-state index in [1.165, 1.54) is 12.3 Å². The Hall–Kier alpha value is -1.18. The Morgan fingerprint density at radius 3 is 2.67 bits per heavy atom. The van der Waals surface area contributed by atoms with E-state index in [-0.39, 0.29) is 11.4 Å². The van der Waals surface area contributed by atoms with Crippen molar-refractivity contribution in [2.45, 2.75) is 12.2 Å². The van der Waals surface area contributed by atoms with Crippen LogP contribution in [0.25, 0.3) is 0 Å². The summed E-state index contributed by atoms with van der Waals surface area (Å²) in [5, 5.41) is 18.8. The van der Waals surface area contributed by atoms with Gasteiger partial charge in [0.05, 0.1) is 0 Å². The van der Waals surface area contributed by atoms with Crippen molar-refractivity contribution in [3.8, 4) is 0 Å². The van der Waals surface area contributed by atoms with Crippen LogP contribution >= 0.6 is 15.9 Å². The summed E-state index contributed by atoms with van der Waals surface area (Å²) in [7, 11) is 0. The second-order valence-electron chi connectivity index (χ2n) is 2.92. The maximum Gasteiger partial charge on any atom is 0.249 e. The second-order valence-corrected chi connectivity index (χ2v) is 3.84. The van der Waals surface area contributed by atoms with Gasteiger partial charge in [-0.25, -0.2) is 4.98 Å². The first kappa shape index (κ1) is 11.9. The molecule has 0 aliphatic rings. The molecule has 1 rings (SSSR count). The van der Waals surface area contributed by atoms with Crippen LogP contribution in [0, 0.1) is 0 Å². The molecule has 0 aromatic carbocycles. The highest BCUT2D eigenvalue weighted by atomic mass is 79.9. The van der Waals surface area contributed by atoms with Gasteiger partial charge in [0, 0.05) is 16.2 Å². The van der Waals surface area contributed by atoms with E-state index in [9.17, 15) is 15.0 Å². The number of nitrogens with zero attached hydrogens (tertiary/aromatic N) is 1. The van der Waals surface area contributed by atoms with Crippen LogP contribution in [0.4, 0.5) is 5.82 Å². The number of nitrogens with two attached hydrogens (primary N) is 2. The van der Waals surface area contributed by atoms with Gasteiger partial charge in [0.2, 0.25) is 5.91 Å². The third-order valence-corrected chi connectivity index (χ3v) is 2.26. The maximum absolute atomic E-state index is 10.6. The van der Waals surface area contributed by atoms with E-state index in [1.807, 2.05) is 0 Å². The first-order chi connectivity index (χ1) is 6.93. The van der Waals surface area contributed by atoms with Gasteiger partial charge in [0.1, 0.15) is 11.9 Å². The summed E-state index contributed by atoms with van der Waals surface area (Å²) in [6.45, 7) is 0. The number of hydrogen-bond donors (Lipinski definition) is 4. The van der Waals surface area contributed by atoms with Gasteiger partial charge in [-0.1, -0.05) is 0 Å². The SMILES string of the molecule is NC(=O)C(O)C(O)c1cc(Br)cnc1N. The zero-order chi connectivity index (χ0) is 11.6. The molecule has 6 N–H and O–H groups in total. The molecular weight excluding hydrogens is 266 g/mol. The van der Waals surface area contributed by atoms with Crippen LogP contribution in [0.1, 0.15) is 11.7 Å². The summed E-state index contributed by atoms with van der Waals surface area (Å²) in [4.78, 5) is 14.4. The number of rotatable bonds is 3. The third kappa shape index (κ3) is 2.65. The minimum Gasteiger partial charge on any atom is -0.385 e. The molecule has 0 radical (unpaired) electrons. The fraction of sp³-hybridized carbons (Fsp3) is 0.250. The lowest BCUT2D eigenvalue weighted by Crippen LogP contribution is -2.34. The number of halogens is 1. The Bertz CT molecular complexity index is 385. The van der Waals surface area contributed by atoms with Gasteiger partial charge < -0.3 is 21.7 Å².